The lowest BCUT2D eigenvalue weighted by Crippen LogP contribution is -2.33. The highest BCUT2D eigenvalue weighted by atomic mass is 32.1. The summed E-state index contributed by atoms with van der Waals surface area (Å²) in [5, 5.41) is 6.99. The number of carbonyl (C=O) groups excluding carboxylic acids is 1. The molecular weight excluding hydrogens is 379 g/mol. The third kappa shape index (κ3) is 4.64. The Morgan fingerprint density at radius 2 is 1.96 bits per heavy atom. The van der Waals surface area contributed by atoms with Gasteiger partial charge in [0.15, 0.2) is 22.2 Å². The van der Waals surface area contributed by atoms with E-state index >= 15 is 0 Å². The Hall–Kier alpha value is -3.00. The Labute approximate surface area is 167 Å². The van der Waals surface area contributed by atoms with Crippen molar-refractivity contribution in [1.82, 2.24) is 19.7 Å². The van der Waals surface area contributed by atoms with Crippen molar-refractivity contribution in [2.24, 2.45) is 0 Å². The van der Waals surface area contributed by atoms with Gasteiger partial charge in [0.25, 0.3) is 0 Å². The maximum atomic E-state index is 13.6. The largest absolute Gasteiger partial charge is 0.489 e. The lowest BCUT2D eigenvalue weighted by molar-refractivity contribution is -0.130. The summed E-state index contributed by atoms with van der Waals surface area (Å²) in [6.45, 7) is 2.56. The number of hydrogen-bond acceptors (Lipinski definition) is 4. The summed E-state index contributed by atoms with van der Waals surface area (Å²) in [6.07, 6.45) is 0. The minimum absolute atomic E-state index is 0.0503. The number of benzene rings is 2. The van der Waals surface area contributed by atoms with Crippen molar-refractivity contribution >= 4 is 18.1 Å². The van der Waals surface area contributed by atoms with Crippen LogP contribution < -0.4 is 4.74 Å². The van der Waals surface area contributed by atoms with Crippen LogP contribution >= 0.6 is 12.2 Å². The molecule has 3 aromatic rings. The molecule has 28 heavy (non-hydrogen) atoms. The van der Waals surface area contributed by atoms with Crippen LogP contribution in [0, 0.1) is 17.5 Å². The molecule has 0 radical (unpaired) electrons. The third-order valence-corrected chi connectivity index (χ3v) is 4.62. The molecule has 146 valence electrons. The molecule has 0 bridgehead atoms. The maximum absolute atomic E-state index is 13.6. The van der Waals surface area contributed by atoms with Crippen molar-refractivity contribution in [2.75, 3.05) is 20.2 Å². The average Bonchev–Trinajstić information content (AvgIpc) is 3.04. The molecular formula is C20H21FN4O2S. The van der Waals surface area contributed by atoms with Crippen LogP contribution in [0.5, 0.6) is 5.75 Å². The van der Waals surface area contributed by atoms with Gasteiger partial charge in [0.1, 0.15) is 13.2 Å². The number of aryl methyl sites for hydroxylation is 1. The Morgan fingerprint density at radius 1 is 1.25 bits per heavy atom. The number of para-hydroxylation sites is 1. The summed E-state index contributed by atoms with van der Waals surface area (Å²) in [5.74, 6) is 0.198. The highest BCUT2D eigenvalue weighted by Gasteiger charge is 2.15. The van der Waals surface area contributed by atoms with E-state index in [0.717, 1.165) is 11.1 Å². The Kier molecular flexibility index (Phi) is 6.20. The normalized spacial score (nSPS) is 10.7. The molecule has 1 amide bonds. The van der Waals surface area contributed by atoms with E-state index in [1.54, 1.807) is 29.8 Å². The predicted molar refractivity (Wildman–Crippen MR) is 107 cm³/mol. The second-order valence-corrected chi connectivity index (χ2v) is 6.79. The van der Waals surface area contributed by atoms with Crippen molar-refractivity contribution in [2.45, 2.75) is 13.5 Å². The topological polar surface area (TPSA) is 63.2 Å². The summed E-state index contributed by atoms with van der Waals surface area (Å²) in [5.41, 5.74) is 2.01. The molecule has 0 spiro atoms. The van der Waals surface area contributed by atoms with Crippen LogP contribution in [0.15, 0.2) is 48.5 Å². The number of nitrogens with one attached hydrogen (secondary N) is 1. The first-order valence-electron chi connectivity index (χ1n) is 8.79. The molecule has 0 fully saturated rings. The Bertz CT molecular complexity index is 1010. The van der Waals surface area contributed by atoms with E-state index in [1.165, 1.54) is 11.0 Å². The lowest BCUT2D eigenvalue weighted by atomic mass is 10.1. The second kappa shape index (κ2) is 8.79. The van der Waals surface area contributed by atoms with Crippen molar-refractivity contribution in [3.8, 4) is 17.1 Å². The first kappa shape index (κ1) is 19.8. The number of amides is 1. The zero-order valence-electron chi connectivity index (χ0n) is 15.7. The molecule has 0 saturated carbocycles. The van der Waals surface area contributed by atoms with Crippen LogP contribution in [0.25, 0.3) is 11.4 Å². The molecule has 1 heterocycles. The number of likely N-dealkylation sites (N-methyl/N-ethyl adjacent to an activating group) is 1. The van der Waals surface area contributed by atoms with E-state index in [-0.39, 0.29) is 24.8 Å². The van der Waals surface area contributed by atoms with Gasteiger partial charge in [-0.05, 0) is 31.3 Å². The Balaban J connectivity index is 1.63. The molecule has 0 aliphatic carbocycles. The number of H-pyrrole nitrogens is 1. The smallest absolute Gasteiger partial charge is 0.242 e. The number of halogens is 1. The average molecular weight is 400 g/mol. The number of ether oxygens (including phenoxy) is 1. The molecule has 1 aromatic heterocycles. The first-order valence-corrected chi connectivity index (χ1v) is 9.20. The summed E-state index contributed by atoms with van der Waals surface area (Å²) in [6, 6.07) is 14.0. The highest BCUT2D eigenvalue weighted by Crippen LogP contribution is 2.18. The summed E-state index contributed by atoms with van der Waals surface area (Å²) in [7, 11) is 1.67. The summed E-state index contributed by atoms with van der Waals surface area (Å²) >= 11 is 5.28. The second-order valence-electron chi connectivity index (χ2n) is 6.40. The van der Waals surface area contributed by atoms with Crippen LogP contribution in [-0.2, 0) is 11.3 Å². The molecule has 0 aliphatic rings. The van der Waals surface area contributed by atoms with E-state index in [1.807, 2.05) is 31.2 Å². The van der Waals surface area contributed by atoms with Crippen molar-refractivity contribution in [3.63, 3.8) is 0 Å². The van der Waals surface area contributed by atoms with E-state index in [4.69, 9.17) is 17.0 Å². The highest BCUT2D eigenvalue weighted by molar-refractivity contribution is 7.71. The van der Waals surface area contributed by atoms with Crippen molar-refractivity contribution < 1.29 is 13.9 Å². The molecule has 0 unspecified atom stereocenters. The number of hydrogen-bond donors (Lipinski definition) is 1. The summed E-state index contributed by atoms with van der Waals surface area (Å²) < 4.78 is 21.0. The standard InChI is InChI=1S/C20H21FN4O2S/c1-14-7-9-15(10-8-14)19-22-23-20(28)25(19)13-18(26)24(2)11-12-27-17-6-4-3-5-16(17)21/h3-10H,11-13H2,1-2H3,(H,23,28). The molecule has 1 N–H and O–H groups in total. The van der Waals surface area contributed by atoms with Crippen LogP contribution in [0.1, 0.15) is 5.56 Å². The Morgan fingerprint density at radius 3 is 2.68 bits per heavy atom. The monoisotopic (exact) mass is 400 g/mol. The molecule has 0 aliphatic heterocycles. The SMILES string of the molecule is Cc1ccc(-c2n[nH]c(=S)n2CC(=O)N(C)CCOc2ccccc2F)cc1. The fourth-order valence-electron chi connectivity index (χ4n) is 2.62. The van der Waals surface area contributed by atoms with Gasteiger partial charge in [0.2, 0.25) is 5.91 Å². The number of nitrogens with zero attached hydrogens (tertiary/aromatic N) is 3. The van der Waals surface area contributed by atoms with E-state index in [0.29, 0.717) is 17.1 Å². The van der Waals surface area contributed by atoms with Crippen LogP contribution in [0.2, 0.25) is 0 Å². The molecule has 3 rings (SSSR count). The van der Waals surface area contributed by atoms with Gasteiger partial charge in [0, 0.05) is 12.6 Å². The van der Waals surface area contributed by atoms with Crippen LogP contribution in [-0.4, -0.2) is 45.8 Å². The zero-order valence-corrected chi connectivity index (χ0v) is 16.5. The van der Waals surface area contributed by atoms with Crippen molar-refractivity contribution in [3.05, 3.63) is 64.7 Å². The van der Waals surface area contributed by atoms with Gasteiger partial charge in [-0.15, -0.1) is 0 Å². The zero-order chi connectivity index (χ0) is 20.1. The van der Waals surface area contributed by atoms with Gasteiger partial charge >= 0.3 is 0 Å². The van der Waals surface area contributed by atoms with Gasteiger partial charge in [-0.2, -0.15) is 5.10 Å². The first-order chi connectivity index (χ1) is 13.5. The van der Waals surface area contributed by atoms with Crippen LogP contribution in [0.4, 0.5) is 4.39 Å². The number of rotatable bonds is 7. The minimum Gasteiger partial charge on any atom is -0.489 e. The van der Waals surface area contributed by atoms with Gasteiger partial charge < -0.3 is 9.64 Å². The van der Waals surface area contributed by atoms with Crippen LogP contribution in [0.3, 0.4) is 0 Å². The van der Waals surface area contributed by atoms with E-state index in [2.05, 4.69) is 10.2 Å². The lowest BCUT2D eigenvalue weighted by Gasteiger charge is -2.18. The minimum atomic E-state index is -0.427. The van der Waals surface area contributed by atoms with Crippen molar-refractivity contribution in [1.29, 1.82) is 0 Å². The quantitative estimate of drug-likeness (QED) is 0.616. The summed E-state index contributed by atoms with van der Waals surface area (Å²) in [4.78, 5) is 14.1. The number of aromatic amines is 1. The molecule has 2 aromatic carbocycles. The molecule has 0 saturated heterocycles. The van der Waals surface area contributed by atoms with E-state index in [9.17, 15) is 9.18 Å². The fraction of sp³-hybridized carbons (Fsp3) is 0.250. The number of carbonyl (C=O) groups is 1. The molecule has 0 atom stereocenters. The third-order valence-electron chi connectivity index (χ3n) is 4.31. The van der Waals surface area contributed by atoms with Gasteiger partial charge in [-0.25, -0.2) is 4.39 Å². The van der Waals surface area contributed by atoms with Gasteiger partial charge in [-0.1, -0.05) is 42.0 Å². The van der Waals surface area contributed by atoms with Gasteiger partial charge in [-0.3, -0.25) is 14.5 Å². The molecule has 8 heteroatoms. The molecule has 6 nitrogen and oxygen atoms in total. The number of aromatic nitrogens is 3. The predicted octanol–water partition coefficient (Wildman–Crippen LogP) is 3.59. The fourth-order valence-corrected chi connectivity index (χ4v) is 2.82. The maximum Gasteiger partial charge on any atom is 0.242 e. The van der Waals surface area contributed by atoms with Gasteiger partial charge in [0.05, 0.1) is 6.54 Å². The van der Waals surface area contributed by atoms with E-state index < -0.39 is 5.82 Å².